The van der Waals surface area contributed by atoms with Crippen molar-refractivity contribution in [2.24, 2.45) is 10.2 Å². The van der Waals surface area contributed by atoms with Crippen LogP contribution in [-0.2, 0) is 60.5 Å². The number of hydrogen-bond acceptors (Lipinski definition) is 16. The Hall–Kier alpha value is -4.88. The molecule has 0 amide bonds. The predicted molar refractivity (Wildman–Crippen MR) is 269 cm³/mol. The van der Waals surface area contributed by atoms with E-state index in [2.05, 4.69) is 46.3 Å². The van der Waals surface area contributed by atoms with Crippen LogP contribution < -0.4 is 5.73 Å². The SMILES string of the molecule is C.C.CCCCCCc1ccc(N)cc1.CCCCCCc1ccc(N=Nc2c(O)ccc3cc(S(=O)(=O)[O-])cc(S4(C)OOO4)c23)cc1.CS1(c2cc(S(=O)([O-])=[OH+])cc3ccc(O)cc23)OOO1. The van der Waals surface area contributed by atoms with Crippen LogP contribution in [0.1, 0.15) is 91.2 Å². The van der Waals surface area contributed by atoms with E-state index in [1.165, 1.54) is 111 Å². The number of rotatable bonds is 16. The minimum Gasteiger partial charge on any atom is -0.744 e. The second-order valence-electron chi connectivity index (χ2n) is 15.9. The molecular weight excluding hydrogens is 971 g/mol. The fourth-order valence-electron chi connectivity index (χ4n) is 7.05. The van der Waals surface area contributed by atoms with Crippen molar-refractivity contribution in [1.82, 2.24) is 0 Å². The molecule has 0 bridgehead atoms. The monoisotopic (exact) mass is 1030 g/mol. The number of phenols is 2. The summed E-state index contributed by atoms with van der Waals surface area (Å²) in [5.74, 6) is -0.160. The maximum atomic E-state index is 11.7. The summed E-state index contributed by atoms with van der Waals surface area (Å²) in [6, 6.07) is 28.1. The molecule has 17 nitrogen and oxygen atoms in total. The highest BCUT2D eigenvalue weighted by Gasteiger charge is 2.36. The largest absolute Gasteiger partial charge is 0.744 e. The summed E-state index contributed by atoms with van der Waals surface area (Å²) >= 11 is 0. The van der Waals surface area contributed by atoms with E-state index in [1.54, 1.807) is 12.5 Å². The molecule has 6 aromatic carbocycles. The van der Waals surface area contributed by atoms with Gasteiger partial charge in [-0.05, 0) is 124 Å². The molecule has 2 aliphatic heterocycles. The lowest BCUT2D eigenvalue weighted by Crippen LogP contribution is -2.19. The Balaban J connectivity index is 0.000000250. The van der Waals surface area contributed by atoms with E-state index in [-0.39, 0.29) is 41.8 Å². The number of anilines is 1. The molecule has 0 aromatic heterocycles. The number of fused-ring (bicyclic) bond motifs is 2. The molecule has 2 aliphatic rings. The quantitative estimate of drug-likeness (QED) is 0.0203. The van der Waals surface area contributed by atoms with Gasteiger partial charge in [-0.3, -0.25) is 0 Å². The molecule has 5 N–H and O–H groups in total. The molecule has 69 heavy (non-hydrogen) atoms. The lowest BCUT2D eigenvalue weighted by molar-refractivity contribution is -0.470. The van der Waals surface area contributed by atoms with Gasteiger partial charge in [0.15, 0.2) is 0 Å². The van der Waals surface area contributed by atoms with Gasteiger partial charge in [0.2, 0.25) is 0 Å². The number of phenolic OH excluding ortho intramolecular Hbond substituents is 2. The summed E-state index contributed by atoms with van der Waals surface area (Å²) in [5.41, 5.74) is 9.77. The van der Waals surface area contributed by atoms with Crippen LogP contribution in [0.2, 0.25) is 0 Å². The third-order valence-electron chi connectivity index (χ3n) is 10.7. The Morgan fingerprint density at radius 1 is 0.623 bits per heavy atom. The molecular formula is C48H62N3O14S4-. The molecule has 378 valence electrons. The van der Waals surface area contributed by atoms with Gasteiger partial charge in [-0.25, -0.2) is 12.6 Å². The minimum absolute atomic E-state index is 0. The van der Waals surface area contributed by atoms with Crippen molar-refractivity contribution in [2.75, 3.05) is 18.2 Å². The van der Waals surface area contributed by atoms with Crippen molar-refractivity contribution in [3.8, 4) is 11.5 Å². The molecule has 0 aliphatic carbocycles. The molecule has 0 spiro atoms. The maximum Gasteiger partial charge on any atom is 0.262 e. The van der Waals surface area contributed by atoms with Crippen LogP contribution in [0.5, 0.6) is 11.5 Å². The first-order valence-electron chi connectivity index (χ1n) is 21.3. The molecule has 21 heteroatoms. The Kier molecular flexibility index (Phi) is 20.4. The standard InChI is InChI=1S/C23H26N2O7S2.C12H19N.C11H10O7S2.2CH4/c1-3-4-5-6-7-16-8-11-18(12-9-16)24-25-23-20(26)13-10-17-14-19(34(27,28)29)15-21(22(17)23)33(2)31-30-32-33;1-2-3-4-5-6-11-7-9-12(13)10-8-11;1-19(17-16-18-19)11-6-9(20(13,14)15)4-7-2-3-8(12)5-10(7)11;;/h8-15,26H,3-7H2,1-2H3,(H,27,28,29);7-10H,2-6,13H2,1H3;2-6,12H,1H3,(H,13,14,15);2*1H4/p-1. The zero-order valence-corrected chi connectivity index (χ0v) is 40.6. The number of aromatic hydroxyl groups is 2. The maximum absolute atomic E-state index is 11.7. The summed E-state index contributed by atoms with van der Waals surface area (Å²) < 4.78 is 87.0. The van der Waals surface area contributed by atoms with E-state index < -0.39 is 46.3 Å². The van der Waals surface area contributed by atoms with Crippen LogP contribution in [0.3, 0.4) is 0 Å². The number of aryl methyl sites for hydroxylation is 2. The average molecular weight is 1030 g/mol. The predicted octanol–water partition coefficient (Wildman–Crippen LogP) is 13.3. The zero-order chi connectivity index (χ0) is 48.4. The highest BCUT2D eigenvalue weighted by molar-refractivity contribution is 8.26. The molecule has 8 rings (SSSR count). The van der Waals surface area contributed by atoms with Crippen LogP contribution in [0.4, 0.5) is 17.1 Å². The van der Waals surface area contributed by atoms with Crippen molar-refractivity contribution in [1.29, 1.82) is 0 Å². The van der Waals surface area contributed by atoms with Crippen molar-refractivity contribution >= 4 is 80.0 Å². The molecule has 0 saturated carbocycles. The van der Waals surface area contributed by atoms with E-state index >= 15 is 0 Å². The Labute approximate surface area is 408 Å². The number of unbranched alkanes of at least 4 members (excludes halogenated alkanes) is 6. The third-order valence-corrected chi connectivity index (χ3v) is 15.9. The molecule has 2 fully saturated rings. The first kappa shape index (κ1) is 56.7. The number of nitrogen functional groups attached to an aromatic ring is 1. The Bertz CT molecular complexity index is 2910. The number of hydrogen-bond donors (Lipinski definition) is 3. The van der Waals surface area contributed by atoms with Crippen LogP contribution in [0.25, 0.3) is 21.5 Å². The van der Waals surface area contributed by atoms with Gasteiger partial charge in [0.25, 0.3) is 10.1 Å². The fraction of sp³-hybridized carbons (Fsp3) is 0.333. The van der Waals surface area contributed by atoms with E-state index in [9.17, 15) is 36.2 Å². The lowest BCUT2D eigenvalue weighted by atomic mass is 10.1. The van der Waals surface area contributed by atoms with Crippen molar-refractivity contribution in [3.63, 3.8) is 0 Å². The summed E-state index contributed by atoms with van der Waals surface area (Å²) in [5, 5.41) is 39.1. The van der Waals surface area contributed by atoms with Gasteiger partial charge in [-0.2, -0.15) is 9.32 Å². The minimum atomic E-state index is -4.76. The van der Waals surface area contributed by atoms with Gasteiger partial charge in [-0.1, -0.05) is 121 Å². The topological polar surface area (TPSA) is 265 Å². The molecule has 2 heterocycles. The first-order chi connectivity index (χ1) is 31.8. The molecule has 1 unspecified atom stereocenters. The number of nitrogens with two attached hydrogens (primary N) is 1. The Morgan fingerprint density at radius 3 is 1.64 bits per heavy atom. The molecule has 1 atom stereocenters. The number of nitrogens with zero attached hydrogens (tertiary/aromatic N) is 2. The average Bonchev–Trinajstić information content (AvgIpc) is 3.27. The second kappa shape index (κ2) is 24.8. The van der Waals surface area contributed by atoms with E-state index in [4.69, 9.17) is 23.1 Å². The summed E-state index contributed by atoms with van der Waals surface area (Å²) in [6.45, 7) is 4.42. The van der Waals surface area contributed by atoms with E-state index in [1.807, 2.05) is 36.4 Å². The van der Waals surface area contributed by atoms with Gasteiger partial charge < -0.3 is 25.1 Å². The lowest BCUT2D eigenvalue weighted by Gasteiger charge is -2.42. The van der Waals surface area contributed by atoms with E-state index in [0.717, 1.165) is 24.6 Å². The highest BCUT2D eigenvalue weighted by Crippen LogP contribution is 2.65. The Morgan fingerprint density at radius 2 is 1.13 bits per heavy atom. The molecule has 6 aromatic rings. The molecule has 2 saturated heterocycles. The van der Waals surface area contributed by atoms with Crippen LogP contribution in [0, 0.1) is 0 Å². The van der Waals surface area contributed by atoms with Crippen molar-refractivity contribution in [2.45, 2.75) is 112 Å². The highest BCUT2D eigenvalue weighted by atomic mass is 32.3. The van der Waals surface area contributed by atoms with Gasteiger partial charge >= 0.3 is 0 Å². The summed E-state index contributed by atoms with van der Waals surface area (Å²) in [6.07, 6.45) is 15.4. The zero-order valence-electron chi connectivity index (χ0n) is 37.3. The molecule has 0 radical (unpaired) electrons. The number of azo groups is 1. The van der Waals surface area contributed by atoms with Gasteiger partial charge in [0, 0.05) is 29.0 Å². The van der Waals surface area contributed by atoms with Crippen LogP contribution in [0.15, 0.2) is 133 Å². The normalized spacial score (nSPS) is 16.4. The van der Waals surface area contributed by atoms with Crippen molar-refractivity contribution < 1.29 is 63.6 Å². The number of benzene rings is 6. The first-order valence-corrected chi connectivity index (χ1v) is 28.0. The van der Waals surface area contributed by atoms with Gasteiger partial charge in [-0.15, -0.1) is 26.3 Å². The van der Waals surface area contributed by atoms with Crippen LogP contribution >= 0.6 is 21.2 Å². The van der Waals surface area contributed by atoms with Crippen LogP contribution in [-0.4, -0.2) is 48.7 Å². The summed E-state index contributed by atoms with van der Waals surface area (Å²) in [7, 11) is -13.9. The van der Waals surface area contributed by atoms with E-state index in [0.29, 0.717) is 32.1 Å². The summed E-state index contributed by atoms with van der Waals surface area (Å²) in [4.78, 5) is -0.104. The smallest absolute Gasteiger partial charge is 0.262 e. The van der Waals surface area contributed by atoms with Gasteiger partial charge in [0.05, 0.1) is 20.4 Å². The third kappa shape index (κ3) is 14.8. The van der Waals surface area contributed by atoms with Gasteiger partial charge in [0.1, 0.15) is 32.2 Å². The van der Waals surface area contributed by atoms with Crippen molar-refractivity contribution in [3.05, 3.63) is 114 Å². The fourth-order valence-corrected chi connectivity index (χ4v) is 10.9. The second-order valence-corrected chi connectivity index (χ2v) is 23.2.